The van der Waals surface area contributed by atoms with Gasteiger partial charge in [-0.05, 0) is 30.7 Å². The molecular formula is C19H14F3N5. The van der Waals surface area contributed by atoms with Crippen LogP contribution in [0.4, 0.5) is 13.2 Å². The lowest BCUT2D eigenvalue weighted by Gasteiger charge is -2.09. The Morgan fingerprint density at radius 3 is 2.44 bits per heavy atom. The Bertz CT molecular complexity index is 1100. The third kappa shape index (κ3) is 3.51. The summed E-state index contributed by atoms with van der Waals surface area (Å²) in [6, 6.07) is 6.99. The number of nitrogens with zero attached hydrogens (tertiary/aromatic N) is 5. The Morgan fingerprint density at radius 1 is 0.926 bits per heavy atom. The van der Waals surface area contributed by atoms with Crippen molar-refractivity contribution in [2.24, 2.45) is 0 Å². The maximum atomic E-state index is 13.0. The zero-order valence-electron chi connectivity index (χ0n) is 14.3. The number of aryl methyl sites for hydroxylation is 1. The van der Waals surface area contributed by atoms with Gasteiger partial charge in [-0.1, -0.05) is 12.1 Å². The van der Waals surface area contributed by atoms with Crippen molar-refractivity contribution < 1.29 is 13.2 Å². The van der Waals surface area contributed by atoms with Crippen LogP contribution in [0.25, 0.3) is 22.2 Å². The average Bonchev–Trinajstić information content (AvgIpc) is 3.05. The van der Waals surface area contributed by atoms with Gasteiger partial charge in [0.15, 0.2) is 0 Å². The van der Waals surface area contributed by atoms with Gasteiger partial charge in [-0.3, -0.25) is 9.67 Å². The van der Waals surface area contributed by atoms with Crippen molar-refractivity contribution >= 4 is 11.0 Å². The van der Waals surface area contributed by atoms with Gasteiger partial charge in [0.1, 0.15) is 11.3 Å². The van der Waals surface area contributed by atoms with Crippen LogP contribution in [0.3, 0.4) is 0 Å². The van der Waals surface area contributed by atoms with Gasteiger partial charge in [-0.25, -0.2) is 9.97 Å². The Hall–Kier alpha value is -3.29. The Balaban J connectivity index is 1.73. The second kappa shape index (κ2) is 6.46. The Labute approximate surface area is 152 Å². The van der Waals surface area contributed by atoms with E-state index in [9.17, 15) is 13.2 Å². The molecule has 4 rings (SSSR count). The summed E-state index contributed by atoms with van der Waals surface area (Å²) in [5, 5.41) is 4.32. The highest BCUT2D eigenvalue weighted by Gasteiger charge is 2.30. The monoisotopic (exact) mass is 369 g/mol. The molecule has 0 aliphatic carbocycles. The quantitative estimate of drug-likeness (QED) is 0.541. The van der Waals surface area contributed by atoms with Crippen LogP contribution in [0, 0.1) is 6.92 Å². The van der Waals surface area contributed by atoms with E-state index in [-0.39, 0.29) is 0 Å². The predicted octanol–water partition coefficient (Wildman–Crippen LogP) is 4.26. The molecule has 5 nitrogen and oxygen atoms in total. The third-order valence-electron chi connectivity index (χ3n) is 4.18. The van der Waals surface area contributed by atoms with Crippen LogP contribution in [-0.2, 0) is 12.7 Å². The fourth-order valence-corrected chi connectivity index (χ4v) is 2.79. The molecule has 0 saturated carbocycles. The smallest absolute Gasteiger partial charge is 0.259 e. The minimum atomic E-state index is -4.39. The molecule has 0 radical (unpaired) electrons. The molecule has 27 heavy (non-hydrogen) atoms. The molecule has 0 spiro atoms. The van der Waals surface area contributed by atoms with E-state index in [0.717, 1.165) is 23.2 Å². The van der Waals surface area contributed by atoms with Crippen molar-refractivity contribution in [1.29, 1.82) is 0 Å². The summed E-state index contributed by atoms with van der Waals surface area (Å²) in [6.07, 6.45) is 2.24. The van der Waals surface area contributed by atoms with E-state index >= 15 is 0 Å². The molecule has 136 valence electrons. The van der Waals surface area contributed by atoms with Crippen LogP contribution in [0.2, 0.25) is 0 Å². The number of pyridine rings is 1. The topological polar surface area (TPSA) is 56.5 Å². The Kier molecular flexibility index (Phi) is 4.10. The van der Waals surface area contributed by atoms with Crippen molar-refractivity contribution in [1.82, 2.24) is 24.7 Å². The molecule has 0 bridgehead atoms. The standard InChI is InChI=1S/C19H14F3N5/c1-12-23-7-13(8-24-12)11-27-18-6-15(9-25-17(18)10-26-27)14-3-2-4-16(5-14)19(20,21)22/h2-10H,11H2,1H3. The van der Waals surface area contributed by atoms with Gasteiger partial charge in [0.05, 0.1) is 23.8 Å². The van der Waals surface area contributed by atoms with Crippen molar-refractivity contribution in [3.8, 4) is 11.1 Å². The van der Waals surface area contributed by atoms with Gasteiger partial charge in [0.2, 0.25) is 0 Å². The molecule has 0 atom stereocenters. The minimum absolute atomic E-state index is 0.442. The van der Waals surface area contributed by atoms with Gasteiger partial charge in [0.25, 0.3) is 0 Å². The van der Waals surface area contributed by atoms with Gasteiger partial charge in [-0.15, -0.1) is 0 Å². The molecular weight excluding hydrogens is 355 g/mol. The fraction of sp³-hybridized carbons (Fsp3) is 0.158. The van der Waals surface area contributed by atoms with Gasteiger partial charge < -0.3 is 0 Å². The van der Waals surface area contributed by atoms with Crippen LogP contribution >= 0.6 is 0 Å². The van der Waals surface area contributed by atoms with Crippen LogP contribution in [0.5, 0.6) is 0 Å². The lowest BCUT2D eigenvalue weighted by Crippen LogP contribution is -2.04. The number of aromatic nitrogens is 5. The highest BCUT2D eigenvalue weighted by Crippen LogP contribution is 2.32. The van der Waals surface area contributed by atoms with E-state index in [1.54, 1.807) is 48.5 Å². The van der Waals surface area contributed by atoms with E-state index in [1.165, 1.54) is 6.07 Å². The van der Waals surface area contributed by atoms with E-state index in [0.29, 0.717) is 29.0 Å². The molecule has 1 aromatic carbocycles. The number of alkyl halides is 3. The summed E-state index contributed by atoms with van der Waals surface area (Å²) in [6.45, 7) is 2.25. The number of hydrogen-bond donors (Lipinski definition) is 0. The predicted molar refractivity (Wildman–Crippen MR) is 93.8 cm³/mol. The van der Waals surface area contributed by atoms with E-state index in [4.69, 9.17) is 0 Å². The summed E-state index contributed by atoms with van der Waals surface area (Å²) < 4.78 is 40.7. The van der Waals surface area contributed by atoms with Crippen LogP contribution < -0.4 is 0 Å². The molecule has 0 aliphatic heterocycles. The highest BCUT2D eigenvalue weighted by atomic mass is 19.4. The molecule has 0 aliphatic rings. The first-order valence-corrected chi connectivity index (χ1v) is 8.17. The number of hydrogen-bond acceptors (Lipinski definition) is 4. The fourth-order valence-electron chi connectivity index (χ4n) is 2.79. The molecule has 0 unspecified atom stereocenters. The lowest BCUT2D eigenvalue weighted by molar-refractivity contribution is -0.137. The number of rotatable bonds is 3. The van der Waals surface area contributed by atoms with Crippen LogP contribution in [0.1, 0.15) is 17.0 Å². The van der Waals surface area contributed by atoms with Crippen molar-refractivity contribution in [2.45, 2.75) is 19.6 Å². The summed E-state index contributed by atoms with van der Waals surface area (Å²) in [4.78, 5) is 12.7. The summed E-state index contributed by atoms with van der Waals surface area (Å²) in [7, 11) is 0. The second-order valence-electron chi connectivity index (χ2n) is 6.15. The largest absolute Gasteiger partial charge is 0.416 e. The first-order valence-electron chi connectivity index (χ1n) is 8.17. The van der Waals surface area contributed by atoms with Gasteiger partial charge >= 0.3 is 6.18 Å². The normalized spacial score (nSPS) is 11.9. The van der Waals surface area contributed by atoms with Gasteiger partial charge in [-0.2, -0.15) is 18.3 Å². The van der Waals surface area contributed by atoms with Gasteiger partial charge in [0, 0.05) is 29.7 Å². The number of benzene rings is 1. The van der Waals surface area contributed by atoms with Crippen LogP contribution in [-0.4, -0.2) is 24.7 Å². The molecule has 3 aromatic heterocycles. The number of halogens is 3. The molecule has 4 aromatic rings. The van der Waals surface area contributed by atoms with Crippen molar-refractivity contribution in [2.75, 3.05) is 0 Å². The summed E-state index contributed by atoms with van der Waals surface area (Å²) in [5.74, 6) is 0.678. The third-order valence-corrected chi connectivity index (χ3v) is 4.18. The SMILES string of the molecule is Cc1ncc(Cn2ncc3ncc(-c4cccc(C(F)(F)F)c4)cc32)cn1. The average molecular weight is 369 g/mol. The van der Waals surface area contributed by atoms with Crippen LogP contribution in [0.15, 0.2) is 55.1 Å². The minimum Gasteiger partial charge on any atom is -0.259 e. The highest BCUT2D eigenvalue weighted by molar-refractivity contribution is 5.80. The second-order valence-corrected chi connectivity index (χ2v) is 6.15. The summed E-state index contributed by atoms with van der Waals surface area (Å²) >= 11 is 0. The molecule has 0 saturated heterocycles. The molecule has 8 heteroatoms. The zero-order valence-corrected chi connectivity index (χ0v) is 14.3. The molecule has 0 amide bonds. The first kappa shape index (κ1) is 17.1. The summed E-state index contributed by atoms with van der Waals surface area (Å²) in [5.41, 5.74) is 2.62. The maximum absolute atomic E-state index is 13.0. The van der Waals surface area contributed by atoms with E-state index in [2.05, 4.69) is 20.1 Å². The number of fused-ring (bicyclic) bond motifs is 1. The molecule has 3 heterocycles. The van der Waals surface area contributed by atoms with Crippen molar-refractivity contribution in [3.63, 3.8) is 0 Å². The lowest BCUT2D eigenvalue weighted by atomic mass is 10.0. The molecule has 0 fully saturated rings. The zero-order chi connectivity index (χ0) is 19.0. The van der Waals surface area contributed by atoms with E-state index in [1.807, 2.05) is 0 Å². The maximum Gasteiger partial charge on any atom is 0.416 e. The molecule has 0 N–H and O–H groups in total. The first-order chi connectivity index (χ1) is 12.9. The van der Waals surface area contributed by atoms with Crippen molar-refractivity contribution in [3.05, 3.63) is 72.1 Å². The Morgan fingerprint density at radius 2 is 1.70 bits per heavy atom. The van der Waals surface area contributed by atoms with E-state index < -0.39 is 11.7 Å².